The smallest absolute Gasteiger partial charge is 0.229 e. The lowest BCUT2D eigenvalue weighted by Crippen LogP contribution is -2.47. The van der Waals surface area contributed by atoms with Crippen LogP contribution in [0.4, 0.5) is 20.4 Å². The van der Waals surface area contributed by atoms with Crippen molar-refractivity contribution in [2.75, 3.05) is 37.1 Å². The topological polar surface area (TPSA) is 154 Å². The first-order valence-corrected chi connectivity index (χ1v) is 16.4. The van der Waals surface area contributed by atoms with E-state index >= 15 is 8.78 Å². The van der Waals surface area contributed by atoms with Crippen molar-refractivity contribution in [3.05, 3.63) is 71.7 Å². The molecule has 2 fully saturated rings. The Hall–Kier alpha value is -3.56. The predicted molar refractivity (Wildman–Crippen MR) is 159 cm³/mol. The van der Waals surface area contributed by atoms with Crippen molar-refractivity contribution in [1.82, 2.24) is 19.6 Å². The van der Waals surface area contributed by atoms with E-state index in [0.717, 1.165) is 24.1 Å². The third kappa shape index (κ3) is 6.04. The van der Waals surface area contributed by atoms with Crippen LogP contribution >= 0.6 is 0 Å². The SMILES string of the molecule is C[C@H]1C[C@@H](c2ccncc2Nc2ncc3ccc(-c4c(F)cc(C5(O)COC5)cc4F)nn23)C[C@@H](N)[C@H]1OCCS(C)(=O)=O. The normalized spacial score (nSPS) is 23.4. The first kappa shape index (κ1) is 30.5. The molecule has 0 bridgehead atoms. The van der Waals surface area contributed by atoms with Crippen LogP contribution in [0.15, 0.2) is 48.9 Å². The van der Waals surface area contributed by atoms with Gasteiger partial charge < -0.3 is 25.6 Å². The molecule has 11 nitrogen and oxygen atoms in total. The van der Waals surface area contributed by atoms with E-state index in [-0.39, 0.29) is 66.4 Å². The molecule has 1 saturated heterocycles. The van der Waals surface area contributed by atoms with Crippen LogP contribution in [0, 0.1) is 17.6 Å². The molecular weight excluding hydrogens is 594 g/mol. The number of rotatable bonds is 9. The predicted octanol–water partition coefficient (Wildman–Crippen LogP) is 3.30. The number of ether oxygens (including phenoxy) is 2. The summed E-state index contributed by atoms with van der Waals surface area (Å²) >= 11 is 0. The number of aromatic nitrogens is 4. The van der Waals surface area contributed by atoms with Gasteiger partial charge in [-0.05, 0) is 66.1 Å². The number of nitrogens with one attached hydrogen (secondary N) is 1. The maximum atomic E-state index is 15.2. The van der Waals surface area contributed by atoms with Crippen molar-refractivity contribution in [3.63, 3.8) is 0 Å². The zero-order valence-electron chi connectivity index (χ0n) is 24.3. The molecule has 0 unspecified atom stereocenters. The average Bonchev–Trinajstić information content (AvgIpc) is 3.34. The fourth-order valence-corrected chi connectivity index (χ4v) is 6.48. The van der Waals surface area contributed by atoms with Gasteiger partial charge in [0.15, 0.2) is 0 Å². The van der Waals surface area contributed by atoms with Crippen molar-refractivity contribution in [2.24, 2.45) is 11.7 Å². The molecule has 2 aliphatic rings. The van der Waals surface area contributed by atoms with Crippen molar-refractivity contribution < 1.29 is 31.8 Å². The molecule has 1 aliphatic heterocycles. The minimum absolute atomic E-state index is 0.0265. The van der Waals surface area contributed by atoms with E-state index in [1.54, 1.807) is 24.7 Å². The van der Waals surface area contributed by atoms with E-state index < -0.39 is 27.1 Å². The monoisotopic (exact) mass is 628 g/mol. The molecule has 4 aromatic rings. The number of nitrogens with two attached hydrogens (primary N) is 1. The van der Waals surface area contributed by atoms with Gasteiger partial charge in [0, 0.05) is 18.5 Å². The molecule has 1 aromatic carbocycles. The molecule has 1 saturated carbocycles. The molecule has 4 heterocycles. The quantitative estimate of drug-likeness (QED) is 0.252. The van der Waals surface area contributed by atoms with Crippen LogP contribution in [-0.2, 0) is 24.9 Å². The molecule has 0 spiro atoms. The Labute approximate surface area is 253 Å². The second-order valence-corrected chi connectivity index (χ2v) is 14.1. The Kier molecular flexibility index (Phi) is 8.13. The van der Waals surface area contributed by atoms with E-state index in [9.17, 15) is 13.5 Å². The minimum Gasteiger partial charge on any atom is -0.380 e. The highest BCUT2D eigenvalue weighted by Gasteiger charge is 2.39. The average molecular weight is 629 g/mol. The number of imidazole rings is 1. The van der Waals surface area contributed by atoms with Gasteiger partial charge in [0.25, 0.3) is 0 Å². The lowest BCUT2D eigenvalue weighted by Gasteiger charge is -2.39. The zero-order valence-corrected chi connectivity index (χ0v) is 25.1. The number of anilines is 2. The highest BCUT2D eigenvalue weighted by atomic mass is 32.2. The van der Waals surface area contributed by atoms with E-state index in [2.05, 4.69) is 20.4 Å². The summed E-state index contributed by atoms with van der Waals surface area (Å²) in [7, 11) is -3.13. The third-order valence-corrected chi connectivity index (χ3v) is 9.31. The zero-order chi connectivity index (χ0) is 31.2. The summed E-state index contributed by atoms with van der Waals surface area (Å²) in [5.74, 6) is -1.29. The Morgan fingerprint density at radius 2 is 1.93 bits per heavy atom. The number of nitrogens with zero attached hydrogens (tertiary/aromatic N) is 4. The number of hydrogen-bond donors (Lipinski definition) is 3. The van der Waals surface area contributed by atoms with Crippen molar-refractivity contribution >= 4 is 27.0 Å². The van der Waals surface area contributed by atoms with Crippen LogP contribution in [0.3, 0.4) is 0 Å². The number of benzene rings is 1. The fourth-order valence-electron chi connectivity index (χ4n) is 6.08. The van der Waals surface area contributed by atoms with E-state index in [1.165, 1.54) is 16.8 Å². The molecule has 6 rings (SSSR count). The highest BCUT2D eigenvalue weighted by Crippen LogP contribution is 2.40. The van der Waals surface area contributed by atoms with Gasteiger partial charge in [-0.3, -0.25) is 4.98 Å². The summed E-state index contributed by atoms with van der Waals surface area (Å²) in [6, 6.07) is 7.01. The second-order valence-electron chi connectivity index (χ2n) is 11.8. The van der Waals surface area contributed by atoms with Crippen LogP contribution in [0.5, 0.6) is 0 Å². The minimum atomic E-state index is -3.13. The Morgan fingerprint density at radius 1 is 1.18 bits per heavy atom. The maximum absolute atomic E-state index is 15.2. The Morgan fingerprint density at radius 3 is 2.59 bits per heavy atom. The summed E-state index contributed by atoms with van der Waals surface area (Å²) in [5.41, 5.74) is 7.22. The van der Waals surface area contributed by atoms with Gasteiger partial charge in [0.2, 0.25) is 5.95 Å². The van der Waals surface area contributed by atoms with Crippen LogP contribution in [0.25, 0.3) is 16.8 Å². The van der Waals surface area contributed by atoms with Crippen molar-refractivity contribution in [1.29, 1.82) is 0 Å². The summed E-state index contributed by atoms with van der Waals surface area (Å²) in [6.45, 7) is 2.10. The number of hydrogen-bond acceptors (Lipinski definition) is 10. The molecule has 14 heteroatoms. The maximum Gasteiger partial charge on any atom is 0.229 e. The molecular formula is C30H34F2N6O5S. The van der Waals surface area contributed by atoms with Gasteiger partial charge >= 0.3 is 0 Å². The van der Waals surface area contributed by atoms with Crippen LogP contribution < -0.4 is 11.1 Å². The Balaban J connectivity index is 1.24. The first-order chi connectivity index (χ1) is 20.9. The summed E-state index contributed by atoms with van der Waals surface area (Å²) in [5, 5.41) is 18.3. The van der Waals surface area contributed by atoms with Crippen molar-refractivity contribution in [3.8, 4) is 11.3 Å². The second kappa shape index (κ2) is 11.7. The summed E-state index contributed by atoms with van der Waals surface area (Å²) in [4.78, 5) is 8.73. The van der Waals surface area contributed by atoms with E-state index in [4.69, 9.17) is 15.2 Å². The van der Waals surface area contributed by atoms with E-state index in [1.807, 2.05) is 13.0 Å². The number of halogens is 2. The van der Waals surface area contributed by atoms with Crippen LogP contribution in [0.2, 0.25) is 0 Å². The largest absolute Gasteiger partial charge is 0.380 e. The van der Waals surface area contributed by atoms with Gasteiger partial charge in [-0.15, -0.1) is 0 Å². The van der Waals surface area contributed by atoms with E-state index in [0.29, 0.717) is 23.6 Å². The highest BCUT2D eigenvalue weighted by molar-refractivity contribution is 7.90. The molecule has 0 radical (unpaired) electrons. The molecule has 1 aliphatic carbocycles. The number of sulfone groups is 1. The van der Waals surface area contributed by atoms with Gasteiger partial charge in [0.1, 0.15) is 27.1 Å². The van der Waals surface area contributed by atoms with Gasteiger partial charge in [-0.1, -0.05) is 6.92 Å². The summed E-state index contributed by atoms with van der Waals surface area (Å²) < 4.78 is 65.8. The molecule has 3 aromatic heterocycles. The third-order valence-electron chi connectivity index (χ3n) is 8.40. The standard InChI is InChI=1S/C30H34F2N6O5S/c1-17-9-18(10-24(33)28(17)43-7-8-44(2,40)41)21-5-6-34-14-26(21)36-29-35-13-20-3-4-25(37-38(20)29)27-22(31)11-19(12-23(27)32)30(39)15-42-16-30/h3-6,11-14,17-18,24,28,39H,7-10,15-16,33H2,1-2H3,(H,35,36)/t17-,18+,24+,28-/m0/s1. The molecule has 4 atom stereocenters. The lowest BCUT2D eigenvalue weighted by molar-refractivity contribution is -0.184. The first-order valence-electron chi connectivity index (χ1n) is 14.3. The summed E-state index contributed by atoms with van der Waals surface area (Å²) in [6.07, 6.45) is 7.27. The van der Waals surface area contributed by atoms with Gasteiger partial charge in [-0.2, -0.15) is 9.61 Å². The number of aliphatic hydroxyl groups is 1. The lowest BCUT2D eigenvalue weighted by atomic mass is 9.74. The van der Waals surface area contributed by atoms with Crippen LogP contribution in [-0.4, -0.2) is 77.1 Å². The molecule has 0 amide bonds. The number of fused-ring (bicyclic) bond motifs is 1. The molecule has 44 heavy (non-hydrogen) atoms. The molecule has 234 valence electrons. The number of pyridine rings is 1. The molecule has 4 N–H and O–H groups in total. The van der Waals surface area contributed by atoms with Gasteiger partial charge in [0.05, 0.1) is 66.5 Å². The van der Waals surface area contributed by atoms with Crippen LogP contribution in [0.1, 0.15) is 36.8 Å². The fraction of sp³-hybridized carbons (Fsp3) is 0.433. The van der Waals surface area contributed by atoms with Crippen molar-refractivity contribution in [2.45, 2.75) is 43.4 Å². The Bertz CT molecular complexity index is 1760. The van der Waals surface area contributed by atoms with Gasteiger partial charge in [-0.25, -0.2) is 22.2 Å².